The molecule has 9 rings (SSSR count). The second-order valence-electron chi connectivity index (χ2n) is 20.5. The minimum Gasteiger partial charge on any atom is -0.491 e. The van der Waals surface area contributed by atoms with E-state index in [4.69, 9.17) is 24.1 Å². The molecule has 4 amide bonds. The zero-order chi connectivity index (χ0) is 57.1. The molecule has 4 aromatic heterocycles. The first kappa shape index (κ1) is 58.1. The number of aromatic nitrogens is 6. The van der Waals surface area contributed by atoms with E-state index >= 15 is 0 Å². The molecule has 22 nitrogen and oxygen atoms in total. The molecular formula is C51H62F6N12O10. The molecule has 0 aromatic carbocycles. The number of fused-ring (bicyclic) bond motifs is 8. The molecule has 4 bridgehead atoms. The first-order valence-electron chi connectivity index (χ1n) is 25.7. The molecule has 28 heteroatoms. The van der Waals surface area contributed by atoms with E-state index in [1.54, 1.807) is 26.0 Å². The Morgan fingerprint density at radius 2 is 1.20 bits per heavy atom. The molecule has 79 heavy (non-hydrogen) atoms. The fourth-order valence-electron chi connectivity index (χ4n) is 9.76. The van der Waals surface area contributed by atoms with Crippen molar-refractivity contribution in [3.8, 4) is 11.5 Å². The number of rotatable bonds is 15. The van der Waals surface area contributed by atoms with Gasteiger partial charge in [0.25, 0.3) is 0 Å². The lowest BCUT2D eigenvalue weighted by Gasteiger charge is -2.46. The van der Waals surface area contributed by atoms with Gasteiger partial charge in [0.05, 0.1) is 48.5 Å². The number of nitrogens with zero attached hydrogens (tertiary/aromatic N) is 10. The van der Waals surface area contributed by atoms with Gasteiger partial charge in [0.1, 0.15) is 59.9 Å². The fraction of sp³-hybridized carbons (Fsp3) is 0.569. The lowest BCUT2D eigenvalue weighted by atomic mass is 9.99. The van der Waals surface area contributed by atoms with Crippen molar-refractivity contribution in [2.45, 2.75) is 122 Å². The molecule has 3 saturated heterocycles. The lowest BCUT2D eigenvalue weighted by Crippen LogP contribution is -2.56. The zero-order valence-corrected chi connectivity index (χ0v) is 44.2. The number of ether oxygens (including phenoxy) is 4. The molecule has 5 aliphatic heterocycles. The first-order chi connectivity index (χ1) is 37.3. The molecule has 4 N–H and O–H groups in total. The maximum Gasteiger partial charge on any atom is 0.391 e. The summed E-state index contributed by atoms with van der Waals surface area (Å²) < 4.78 is 101. The van der Waals surface area contributed by atoms with Crippen LogP contribution in [0.1, 0.15) is 98.8 Å². The molecule has 9 heterocycles. The molecule has 0 unspecified atom stereocenters. The van der Waals surface area contributed by atoms with E-state index < -0.39 is 79.2 Å². The zero-order valence-electron chi connectivity index (χ0n) is 44.2. The number of aliphatic hydroxyl groups excluding tert-OH is 2. The number of amides is 4. The highest BCUT2D eigenvalue weighted by atomic mass is 19.4. The van der Waals surface area contributed by atoms with Gasteiger partial charge in [-0.3, -0.25) is 30.0 Å². The van der Waals surface area contributed by atoms with Crippen LogP contribution in [0.15, 0.2) is 36.7 Å². The van der Waals surface area contributed by atoms with Crippen LogP contribution in [0.25, 0.3) is 0 Å². The van der Waals surface area contributed by atoms with Crippen LogP contribution in [0.5, 0.6) is 11.5 Å². The maximum absolute atomic E-state index is 13.7. The summed E-state index contributed by atoms with van der Waals surface area (Å²) in [6, 6.07) is 4.53. The van der Waals surface area contributed by atoms with Gasteiger partial charge in [0, 0.05) is 63.5 Å². The largest absolute Gasteiger partial charge is 0.491 e. The Morgan fingerprint density at radius 1 is 0.747 bits per heavy atom. The standard InChI is InChI=1S/C27H33F3N6O5.C24H29F3N6O5/c1-15(27(28,29)30)10-20(37)23-32-16(2)22-24(34-23)36(17-6-5-9-35(22)12-17)25(38)33-21-11-18(7-8-31-21)39-13-19-14-40-26(3,4)41-19;1-13(24(25,26)27)8-18(36)21-29-14(2)20-22(31-21)33(15-4-3-7-32(20)10-15)23(37)30-19-9-17(5-6-28-19)38-12-16(35)11-34/h7-8,11,15,17,19H,5-6,9-10,12-14H2,1-4H3,(H,31,33,38);5-6,9,13,15-16,34-35H,3-4,7-8,10-12H2,1-2H3,(H,28,30,37)/t15-,17-,19-;13-,15-,16+/m00/s1. The number of piperidine rings is 2. The van der Waals surface area contributed by atoms with Crippen LogP contribution in [-0.2, 0) is 9.47 Å². The minimum absolute atomic E-state index is 0.145. The summed E-state index contributed by atoms with van der Waals surface area (Å²) >= 11 is 0. The number of carbonyl (C=O) groups is 4. The normalized spacial score (nSPS) is 20.4. The summed E-state index contributed by atoms with van der Waals surface area (Å²) in [4.78, 5) is 85.1. The second-order valence-corrected chi connectivity index (χ2v) is 20.5. The number of pyridine rings is 2. The number of anilines is 6. The van der Waals surface area contributed by atoms with Gasteiger partial charge in [-0.1, -0.05) is 13.8 Å². The molecule has 4 aromatic rings. The van der Waals surface area contributed by atoms with Gasteiger partial charge in [-0.25, -0.2) is 39.5 Å². The number of alkyl halides is 6. The third-order valence-electron chi connectivity index (χ3n) is 13.8. The van der Waals surface area contributed by atoms with Crippen molar-refractivity contribution < 1.29 is 74.7 Å². The van der Waals surface area contributed by atoms with Gasteiger partial charge in [-0.05, 0) is 65.5 Å². The SMILES string of the molecule is Cc1nc(C(=O)C[C@H](C)C(F)(F)F)nc2c1N1CCC[C@@H](C1)N2C(=O)Nc1cc(OC[C@H](O)CO)ccn1.Cc1nc(C(=O)C[C@H](C)C(F)(F)F)nc2c1N1CCC[C@@H](C1)N2C(=O)Nc1cc(OC[C@H]2COC(C)(C)O2)ccn1. The van der Waals surface area contributed by atoms with Gasteiger partial charge in [-0.2, -0.15) is 26.3 Å². The number of aliphatic hydroxyl groups is 2. The third-order valence-corrected chi connectivity index (χ3v) is 13.8. The van der Waals surface area contributed by atoms with Gasteiger partial charge < -0.3 is 39.0 Å². The smallest absolute Gasteiger partial charge is 0.391 e. The van der Waals surface area contributed by atoms with Crippen molar-refractivity contribution in [1.82, 2.24) is 29.9 Å². The third kappa shape index (κ3) is 13.9. The van der Waals surface area contributed by atoms with Crippen molar-refractivity contribution >= 4 is 58.3 Å². The van der Waals surface area contributed by atoms with Crippen molar-refractivity contribution in [3.63, 3.8) is 0 Å². The Kier molecular flexibility index (Phi) is 17.5. The summed E-state index contributed by atoms with van der Waals surface area (Å²) in [7, 11) is 0. The minimum atomic E-state index is -4.53. The van der Waals surface area contributed by atoms with E-state index in [0.717, 1.165) is 33.2 Å². The van der Waals surface area contributed by atoms with E-state index in [-0.39, 0.29) is 66.3 Å². The van der Waals surface area contributed by atoms with Gasteiger partial charge >= 0.3 is 24.4 Å². The number of hydrogen-bond donors (Lipinski definition) is 4. The average molecular weight is 1120 g/mol. The van der Waals surface area contributed by atoms with Crippen LogP contribution in [0.4, 0.5) is 70.6 Å². The van der Waals surface area contributed by atoms with Crippen molar-refractivity contribution in [1.29, 1.82) is 0 Å². The molecule has 5 aliphatic rings. The van der Waals surface area contributed by atoms with Crippen LogP contribution >= 0.6 is 0 Å². The van der Waals surface area contributed by atoms with Crippen LogP contribution < -0.4 is 39.7 Å². The van der Waals surface area contributed by atoms with E-state index in [1.807, 2.05) is 18.7 Å². The van der Waals surface area contributed by atoms with Crippen LogP contribution in [0.3, 0.4) is 0 Å². The predicted molar refractivity (Wildman–Crippen MR) is 273 cm³/mol. The molecule has 0 radical (unpaired) electrons. The lowest BCUT2D eigenvalue weighted by molar-refractivity contribution is -0.169. The Balaban J connectivity index is 0.000000209. The number of carbonyl (C=O) groups excluding carboxylic acids is 4. The van der Waals surface area contributed by atoms with Crippen molar-refractivity contribution in [3.05, 3.63) is 59.7 Å². The first-order valence-corrected chi connectivity index (χ1v) is 25.7. The van der Waals surface area contributed by atoms with Crippen LogP contribution in [0.2, 0.25) is 0 Å². The Hall–Kier alpha value is -7.04. The molecular weight excluding hydrogens is 1050 g/mol. The van der Waals surface area contributed by atoms with Crippen molar-refractivity contribution in [2.24, 2.45) is 11.8 Å². The number of Topliss-reactive ketones (excluding diaryl/α,β-unsaturated/α-hetero) is 2. The number of nitrogens with one attached hydrogen (secondary N) is 2. The van der Waals surface area contributed by atoms with Crippen LogP contribution in [-0.4, -0.2) is 159 Å². The predicted octanol–water partition coefficient (Wildman–Crippen LogP) is 7.21. The molecule has 0 aliphatic carbocycles. The highest BCUT2D eigenvalue weighted by Gasteiger charge is 2.44. The number of halogens is 6. The summed E-state index contributed by atoms with van der Waals surface area (Å²) in [5.74, 6) is -5.28. The average Bonchev–Trinajstić information content (AvgIpc) is 3.94. The summed E-state index contributed by atoms with van der Waals surface area (Å²) in [6.45, 7) is 11.3. The quantitative estimate of drug-likeness (QED) is 0.0677. The highest BCUT2D eigenvalue weighted by Crippen LogP contribution is 2.42. The topological polar surface area (TPSA) is 260 Å². The Bertz CT molecular complexity index is 2900. The number of hydrogen-bond acceptors (Lipinski definition) is 18. The van der Waals surface area contributed by atoms with Crippen molar-refractivity contribution in [2.75, 3.05) is 82.8 Å². The van der Waals surface area contributed by atoms with E-state index in [0.29, 0.717) is 73.3 Å². The molecule has 6 atom stereocenters. The number of aryl methyl sites for hydroxylation is 2. The van der Waals surface area contributed by atoms with Gasteiger partial charge in [-0.15, -0.1) is 0 Å². The summed E-state index contributed by atoms with van der Waals surface area (Å²) in [5, 5.41) is 23.9. The fourth-order valence-corrected chi connectivity index (χ4v) is 9.76. The molecule has 0 saturated carbocycles. The van der Waals surface area contributed by atoms with Gasteiger partial charge in [0.15, 0.2) is 29.1 Å². The Labute approximate surface area is 450 Å². The number of ketones is 2. The van der Waals surface area contributed by atoms with Crippen LogP contribution in [0, 0.1) is 25.7 Å². The summed E-state index contributed by atoms with van der Waals surface area (Å²) in [6.07, 6.45) is -6.08. The van der Waals surface area contributed by atoms with E-state index in [1.165, 1.54) is 34.3 Å². The number of urea groups is 2. The van der Waals surface area contributed by atoms with E-state index in [9.17, 15) is 50.6 Å². The summed E-state index contributed by atoms with van der Waals surface area (Å²) in [5.41, 5.74) is 1.96. The Morgan fingerprint density at radius 3 is 1.62 bits per heavy atom. The van der Waals surface area contributed by atoms with E-state index in [2.05, 4.69) is 45.4 Å². The maximum atomic E-state index is 13.7. The molecule has 428 valence electrons. The molecule has 3 fully saturated rings. The van der Waals surface area contributed by atoms with Gasteiger partial charge in [0.2, 0.25) is 11.6 Å². The second kappa shape index (κ2) is 23.7. The molecule has 0 spiro atoms. The monoisotopic (exact) mass is 1120 g/mol. The highest BCUT2D eigenvalue weighted by molar-refractivity contribution is 6.06.